The van der Waals surface area contributed by atoms with Crippen molar-refractivity contribution in [3.8, 4) is 11.3 Å². The lowest BCUT2D eigenvalue weighted by molar-refractivity contribution is 0.0699. The van der Waals surface area contributed by atoms with Crippen LogP contribution in [0.5, 0.6) is 0 Å². The molecule has 0 spiro atoms. The molecule has 8 heteroatoms. The predicted octanol–water partition coefficient (Wildman–Crippen LogP) is 5.07. The molecule has 6 nitrogen and oxygen atoms in total. The van der Waals surface area contributed by atoms with Crippen LogP contribution in [0, 0.1) is 12.7 Å². The molecule has 4 rings (SSSR count). The average Bonchev–Trinajstić information content (AvgIpc) is 3.12. The Morgan fingerprint density at radius 1 is 1.03 bits per heavy atom. The SMILES string of the molecule is Cc1cc2c(C(=O)O)c(-c3ccc(F)cc3)oc2cc1N(C)S(=O)(=O)c1ccccc1. The highest BCUT2D eigenvalue weighted by Crippen LogP contribution is 2.38. The number of carboxylic acids is 1. The molecule has 31 heavy (non-hydrogen) atoms. The summed E-state index contributed by atoms with van der Waals surface area (Å²) in [6.07, 6.45) is 0. The number of halogens is 1. The van der Waals surface area contributed by atoms with Crippen molar-refractivity contribution in [3.05, 3.63) is 83.7 Å². The van der Waals surface area contributed by atoms with E-state index in [-0.39, 0.29) is 21.8 Å². The van der Waals surface area contributed by atoms with Crippen LogP contribution < -0.4 is 4.31 Å². The van der Waals surface area contributed by atoms with Gasteiger partial charge in [0.25, 0.3) is 10.0 Å². The zero-order valence-electron chi connectivity index (χ0n) is 16.7. The number of anilines is 1. The highest BCUT2D eigenvalue weighted by Gasteiger charge is 2.26. The summed E-state index contributed by atoms with van der Waals surface area (Å²) in [5, 5.41) is 10.1. The summed E-state index contributed by atoms with van der Waals surface area (Å²) in [4.78, 5) is 12.1. The molecule has 0 saturated carbocycles. The fourth-order valence-electron chi connectivity index (χ4n) is 3.48. The third-order valence-corrected chi connectivity index (χ3v) is 6.85. The fraction of sp³-hybridized carbons (Fsp3) is 0.0870. The lowest BCUT2D eigenvalue weighted by Gasteiger charge is -2.21. The zero-order valence-corrected chi connectivity index (χ0v) is 17.5. The Labute approximate surface area is 178 Å². The third-order valence-electron chi connectivity index (χ3n) is 5.07. The molecule has 0 aliphatic heterocycles. The number of hydrogen-bond donors (Lipinski definition) is 1. The highest BCUT2D eigenvalue weighted by molar-refractivity contribution is 7.92. The van der Waals surface area contributed by atoms with Crippen LogP contribution >= 0.6 is 0 Å². The Bertz CT molecular complexity index is 1390. The number of carboxylic acid groups (broad SMARTS) is 1. The number of aryl methyl sites for hydroxylation is 1. The van der Waals surface area contributed by atoms with Gasteiger partial charge in [-0.1, -0.05) is 18.2 Å². The van der Waals surface area contributed by atoms with Crippen molar-refractivity contribution in [2.45, 2.75) is 11.8 Å². The lowest BCUT2D eigenvalue weighted by atomic mass is 10.0. The number of rotatable bonds is 5. The maximum Gasteiger partial charge on any atom is 0.340 e. The molecule has 0 aliphatic rings. The first-order valence-electron chi connectivity index (χ1n) is 9.30. The van der Waals surface area contributed by atoms with Crippen LogP contribution in [0.25, 0.3) is 22.3 Å². The van der Waals surface area contributed by atoms with Gasteiger partial charge in [-0.2, -0.15) is 0 Å². The standard InChI is InChI=1S/C23H18FNO5S/c1-14-12-18-20(13-19(14)25(2)31(28,29)17-6-4-3-5-7-17)30-22(21(18)23(26)27)15-8-10-16(24)11-9-15/h3-13H,1-2H3,(H,26,27). The molecule has 0 aliphatic carbocycles. The van der Waals surface area contributed by atoms with E-state index in [2.05, 4.69) is 0 Å². The van der Waals surface area contributed by atoms with Gasteiger partial charge in [0, 0.05) is 24.1 Å². The van der Waals surface area contributed by atoms with Gasteiger partial charge in [0.15, 0.2) is 0 Å². The zero-order chi connectivity index (χ0) is 22.3. The van der Waals surface area contributed by atoms with E-state index >= 15 is 0 Å². The van der Waals surface area contributed by atoms with Gasteiger partial charge in [-0.15, -0.1) is 0 Å². The Hall–Kier alpha value is -3.65. The number of hydrogen-bond acceptors (Lipinski definition) is 4. The Morgan fingerprint density at radius 2 is 1.68 bits per heavy atom. The molecule has 0 saturated heterocycles. The van der Waals surface area contributed by atoms with Crippen molar-refractivity contribution in [3.63, 3.8) is 0 Å². The van der Waals surface area contributed by atoms with Gasteiger partial charge in [0.05, 0.1) is 10.6 Å². The van der Waals surface area contributed by atoms with Gasteiger partial charge in [0.2, 0.25) is 0 Å². The van der Waals surface area contributed by atoms with E-state index in [0.29, 0.717) is 22.2 Å². The summed E-state index contributed by atoms with van der Waals surface area (Å²) in [5.41, 5.74) is 1.47. The summed E-state index contributed by atoms with van der Waals surface area (Å²) in [6, 6.07) is 16.4. The van der Waals surface area contributed by atoms with Crippen LogP contribution in [0.4, 0.5) is 10.1 Å². The summed E-state index contributed by atoms with van der Waals surface area (Å²) in [6.45, 7) is 1.70. The van der Waals surface area contributed by atoms with Crippen molar-refractivity contribution in [1.29, 1.82) is 0 Å². The number of benzene rings is 3. The van der Waals surface area contributed by atoms with Gasteiger partial charge >= 0.3 is 5.97 Å². The van der Waals surface area contributed by atoms with Crippen LogP contribution in [-0.4, -0.2) is 26.5 Å². The molecular formula is C23H18FNO5S. The van der Waals surface area contributed by atoms with Crippen LogP contribution in [0.2, 0.25) is 0 Å². The molecule has 1 aromatic heterocycles. The maximum atomic E-state index is 13.3. The molecule has 0 bridgehead atoms. The van der Waals surface area contributed by atoms with Crippen LogP contribution in [-0.2, 0) is 10.0 Å². The lowest BCUT2D eigenvalue weighted by Crippen LogP contribution is -2.27. The van der Waals surface area contributed by atoms with E-state index in [1.165, 1.54) is 49.5 Å². The molecule has 0 radical (unpaired) electrons. The van der Waals surface area contributed by atoms with E-state index < -0.39 is 21.8 Å². The number of nitrogens with zero attached hydrogens (tertiary/aromatic N) is 1. The molecule has 0 unspecified atom stereocenters. The number of fused-ring (bicyclic) bond motifs is 1. The second kappa shape index (κ2) is 7.55. The van der Waals surface area contributed by atoms with Crippen LogP contribution in [0.3, 0.4) is 0 Å². The van der Waals surface area contributed by atoms with Crippen molar-refractivity contribution < 1.29 is 27.1 Å². The minimum atomic E-state index is -3.83. The van der Waals surface area contributed by atoms with E-state index in [1.807, 2.05) is 0 Å². The Balaban J connectivity index is 1.89. The fourth-order valence-corrected chi connectivity index (χ4v) is 4.75. The summed E-state index contributed by atoms with van der Waals surface area (Å²) in [5.74, 6) is -1.58. The molecule has 1 heterocycles. The number of sulfonamides is 1. The van der Waals surface area contributed by atoms with Crippen molar-refractivity contribution in [1.82, 2.24) is 0 Å². The summed E-state index contributed by atoms with van der Waals surface area (Å²) < 4.78 is 46.3. The number of aromatic carboxylic acids is 1. The number of furan rings is 1. The minimum Gasteiger partial charge on any atom is -0.478 e. The molecule has 0 atom stereocenters. The van der Waals surface area contributed by atoms with E-state index in [1.54, 1.807) is 31.2 Å². The van der Waals surface area contributed by atoms with E-state index in [4.69, 9.17) is 4.42 Å². The normalized spacial score (nSPS) is 11.6. The predicted molar refractivity (Wildman–Crippen MR) is 115 cm³/mol. The monoisotopic (exact) mass is 439 g/mol. The van der Waals surface area contributed by atoms with Crippen LogP contribution in [0.1, 0.15) is 15.9 Å². The van der Waals surface area contributed by atoms with Crippen molar-refractivity contribution in [2.75, 3.05) is 11.4 Å². The van der Waals surface area contributed by atoms with Gasteiger partial charge in [0.1, 0.15) is 22.7 Å². The summed E-state index contributed by atoms with van der Waals surface area (Å²) in [7, 11) is -2.40. The van der Waals surface area contributed by atoms with E-state index in [0.717, 1.165) is 4.31 Å². The van der Waals surface area contributed by atoms with E-state index in [9.17, 15) is 22.7 Å². The Morgan fingerprint density at radius 3 is 2.29 bits per heavy atom. The summed E-state index contributed by atoms with van der Waals surface area (Å²) >= 11 is 0. The van der Waals surface area contributed by atoms with Crippen LogP contribution in [0.15, 0.2) is 76.0 Å². The van der Waals surface area contributed by atoms with Gasteiger partial charge in [-0.25, -0.2) is 17.6 Å². The molecule has 3 aromatic carbocycles. The quantitative estimate of drug-likeness (QED) is 0.469. The van der Waals surface area contributed by atoms with Gasteiger partial charge < -0.3 is 9.52 Å². The minimum absolute atomic E-state index is 0.0650. The Kier molecular flexibility index (Phi) is 5.02. The molecule has 4 aromatic rings. The smallest absolute Gasteiger partial charge is 0.340 e. The maximum absolute atomic E-state index is 13.3. The van der Waals surface area contributed by atoms with Crippen molar-refractivity contribution in [2.24, 2.45) is 0 Å². The second-order valence-electron chi connectivity index (χ2n) is 7.04. The second-order valence-corrected chi connectivity index (χ2v) is 9.01. The molecular weight excluding hydrogens is 421 g/mol. The molecule has 0 amide bonds. The van der Waals surface area contributed by atoms with Crippen molar-refractivity contribution >= 4 is 32.6 Å². The molecule has 0 fully saturated rings. The first-order chi connectivity index (χ1) is 14.7. The average molecular weight is 439 g/mol. The van der Waals surface area contributed by atoms with Gasteiger partial charge in [-0.05, 0) is 55.0 Å². The van der Waals surface area contributed by atoms with Gasteiger partial charge in [-0.3, -0.25) is 4.31 Å². The molecule has 158 valence electrons. The third kappa shape index (κ3) is 3.55. The molecule has 1 N–H and O–H groups in total. The number of carbonyl (C=O) groups is 1. The largest absolute Gasteiger partial charge is 0.478 e. The first-order valence-corrected chi connectivity index (χ1v) is 10.7. The highest BCUT2D eigenvalue weighted by atomic mass is 32.2. The first kappa shape index (κ1) is 20.6. The topological polar surface area (TPSA) is 87.8 Å².